The van der Waals surface area contributed by atoms with Gasteiger partial charge in [0.1, 0.15) is 0 Å². The molecule has 0 N–H and O–H groups in total. The van der Waals surface area contributed by atoms with Crippen molar-refractivity contribution >= 4 is 6.08 Å². The molecular formula is C10H9Ti-. The first-order valence-corrected chi connectivity index (χ1v) is 3.56. The monoisotopic (exact) mass is 177 g/mol. The average molecular weight is 177 g/mol. The van der Waals surface area contributed by atoms with E-state index in [1.165, 1.54) is 11.1 Å². The molecule has 0 radical (unpaired) electrons. The first-order valence-electron chi connectivity index (χ1n) is 3.56. The molecule has 0 aliphatic heterocycles. The molecule has 1 unspecified atom stereocenters. The van der Waals surface area contributed by atoms with Crippen LogP contribution in [0.4, 0.5) is 0 Å². The molecule has 0 nitrogen and oxygen atoms in total. The minimum Gasteiger partial charge on any atom is -0.269 e. The van der Waals surface area contributed by atoms with Gasteiger partial charge in [0.25, 0.3) is 0 Å². The van der Waals surface area contributed by atoms with Gasteiger partial charge in [-0.15, -0.1) is 11.6 Å². The summed E-state index contributed by atoms with van der Waals surface area (Å²) >= 11 is 0. The predicted molar refractivity (Wildman–Crippen MR) is 42.6 cm³/mol. The van der Waals surface area contributed by atoms with Gasteiger partial charge in [-0.05, 0) is 0 Å². The third-order valence-corrected chi connectivity index (χ3v) is 1.95. The molecule has 1 atom stereocenters. The standard InChI is InChI=1S/C10H9.Ti/c1-8-6-7-9-4-2-3-5-10(8)9;/h2-5,7-8H,1H3;/q-1;. The molecule has 1 aromatic carbocycles. The topological polar surface area (TPSA) is 0 Å². The van der Waals surface area contributed by atoms with E-state index in [9.17, 15) is 0 Å². The summed E-state index contributed by atoms with van der Waals surface area (Å²) in [6, 6.07) is 8.44. The number of rotatable bonds is 0. The van der Waals surface area contributed by atoms with E-state index < -0.39 is 0 Å². The summed E-state index contributed by atoms with van der Waals surface area (Å²) in [5.74, 6) is 0.496. The summed E-state index contributed by atoms with van der Waals surface area (Å²) in [6.07, 6.45) is 5.33. The van der Waals surface area contributed by atoms with E-state index in [2.05, 4.69) is 43.3 Å². The van der Waals surface area contributed by atoms with Gasteiger partial charge in [-0.3, -0.25) is 6.08 Å². The summed E-state index contributed by atoms with van der Waals surface area (Å²) in [5.41, 5.74) is 2.73. The largest absolute Gasteiger partial charge is 0.269 e. The molecule has 0 saturated heterocycles. The SMILES string of the molecule is CC1[C-]=Cc2ccccc21.[Ti]. The zero-order chi connectivity index (χ0) is 6.97. The van der Waals surface area contributed by atoms with Gasteiger partial charge in [-0.25, -0.2) is 6.08 Å². The van der Waals surface area contributed by atoms with Crippen LogP contribution in [-0.2, 0) is 21.7 Å². The zero-order valence-electron chi connectivity index (χ0n) is 6.46. The Hall–Kier alpha value is -0.326. The van der Waals surface area contributed by atoms with E-state index in [1.54, 1.807) is 0 Å². The van der Waals surface area contributed by atoms with Crippen molar-refractivity contribution in [3.63, 3.8) is 0 Å². The van der Waals surface area contributed by atoms with Crippen LogP contribution in [0.1, 0.15) is 24.0 Å². The first kappa shape index (κ1) is 8.77. The Morgan fingerprint density at radius 3 is 2.73 bits per heavy atom. The molecule has 54 valence electrons. The number of fused-ring (bicyclic) bond motifs is 1. The summed E-state index contributed by atoms with van der Waals surface area (Å²) in [5, 5.41) is 0. The van der Waals surface area contributed by atoms with Crippen LogP contribution in [-0.4, -0.2) is 0 Å². The Bertz CT molecular complexity index is 276. The van der Waals surface area contributed by atoms with Gasteiger partial charge >= 0.3 is 0 Å². The maximum atomic E-state index is 3.26. The fourth-order valence-corrected chi connectivity index (χ4v) is 1.34. The Morgan fingerprint density at radius 2 is 2.00 bits per heavy atom. The smallest absolute Gasteiger partial charge is 0 e. The van der Waals surface area contributed by atoms with E-state index >= 15 is 0 Å². The third kappa shape index (κ3) is 1.47. The number of allylic oxidation sites excluding steroid dienone is 1. The van der Waals surface area contributed by atoms with Crippen molar-refractivity contribution in [2.75, 3.05) is 0 Å². The van der Waals surface area contributed by atoms with Gasteiger partial charge in [0.2, 0.25) is 0 Å². The summed E-state index contributed by atoms with van der Waals surface area (Å²) in [6.45, 7) is 2.17. The fourth-order valence-electron chi connectivity index (χ4n) is 1.34. The predicted octanol–water partition coefficient (Wildman–Crippen LogP) is 2.62. The van der Waals surface area contributed by atoms with E-state index in [4.69, 9.17) is 0 Å². The molecule has 0 aromatic heterocycles. The van der Waals surface area contributed by atoms with Gasteiger partial charge in [-0.2, -0.15) is 5.56 Å². The second-order valence-corrected chi connectivity index (χ2v) is 2.66. The summed E-state index contributed by atoms with van der Waals surface area (Å²) in [4.78, 5) is 0. The molecule has 0 amide bonds. The van der Waals surface area contributed by atoms with Gasteiger partial charge in [0, 0.05) is 21.7 Å². The van der Waals surface area contributed by atoms with Gasteiger partial charge in [0.15, 0.2) is 0 Å². The summed E-state index contributed by atoms with van der Waals surface area (Å²) in [7, 11) is 0. The molecular weight excluding hydrogens is 168 g/mol. The molecule has 2 rings (SSSR count). The maximum absolute atomic E-state index is 3.26. The van der Waals surface area contributed by atoms with Gasteiger partial charge < -0.3 is 0 Å². The molecule has 0 saturated carbocycles. The van der Waals surface area contributed by atoms with E-state index in [-0.39, 0.29) is 21.7 Å². The van der Waals surface area contributed by atoms with Crippen LogP contribution in [0.2, 0.25) is 0 Å². The molecule has 1 heteroatoms. The van der Waals surface area contributed by atoms with Crippen LogP contribution >= 0.6 is 0 Å². The first-order chi connectivity index (χ1) is 4.88. The van der Waals surface area contributed by atoms with Gasteiger partial charge in [0.05, 0.1) is 0 Å². The molecule has 0 spiro atoms. The average Bonchev–Trinajstić information content (AvgIpc) is 2.34. The normalized spacial score (nSPS) is 19.2. The Morgan fingerprint density at radius 1 is 1.27 bits per heavy atom. The minimum atomic E-state index is 0. The summed E-state index contributed by atoms with van der Waals surface area (Å²) < 4.78 is 0. The number of benzene rings is 1. The van der Waals surface area contributed by atoms with Crippen molar-refractivity contribution in [1.29, 1.82) is 0 Å². The van der Waals surface area contributed by atoms with Crippen LogP contribution in [0.15, 0.2) is 24.3 Å². The third-order valence-electron chi connectivity index (χ3n) is 1.95. The fraction of sp³-hybridized carbons (Fsp3) is 0.200. The Kier molecular flexibility index (Phi) is 2.69. The number of hydrogen-bond acceptors (Lipinski definition) is 0. The second kappa shape index (κ2) is 3.38. The number of hydrogen-bond donors (Lipinski definition) is 0. The molecule has 1 aliphatic carbocycles. The molecule has 0 bridgehead atoms. The molecule has 1 aromatic rings. The molecule has 11 heavy (non-hydrogen) atoms. The second-order valence-electron chi connectivity index (χ2n) is 2.66. The van der Waals surface area contributed by atoms with Crippen LogP contribution < -0.4 is 0 Å². The van der Waals surface area contributed by atoms with E-state index in [0.29, 0.717) is 5.92 Å². The van der Waals surface area contributed by atoms with Gasteiger partial charge in [-0.1, -0.05) is 31.0 Å². The van der Waals surface area contributed by atoms with E-state index in [1.807, 2.05) is 0 Å². The minimum absolute atomic E-state index is 0. The van der Waals surface area contributed by atoms with Crippen LogP contribution in [0, 0.1) is 6.08 Å². The quantitative estimate of drug-likeness (QED) is 0.422. The zero-order valence-corrected chi connectivity index (χ0v) is 8.03. The van der Waals surface area contributed by atoms with Crippen molar-refractivity contribution in [1.82, 2.24) is 0 Å². The van der Waals surface area contributed by atoms with E-state index in [0.717, 1.165) is 0 Å². The van der Waals surface area contributed by atoms with Crippen LogP contribution in [0.5, 0.6) is 0 Å². The molecule has 1 aliphatic rings. The van der Waals surface area contributed by atoms with Crippen molar-refractivity contribution < 1.29 is 21.7 Å². The van der Waals surface area contributed by atoms with Crippen LogP contribution in [0.25, 0.3) is 6.08 Å². The Labute approximate surface area is 82.2 Å². The Balaban J connectivity index is 0.000000605. The van der Waals surface area contributed by atoms with Crippen molar-refractivity contribution in [3.05, 3.63) is 41.5 Å². The van der Waals surface area contributed by atoms with Crippen LogP contribution in [0.3, 0.4) is 0 Å². The molecule has 0 heterocycles. The van der Waals surface area contributed by atoms with Crippen molar-refractivity contribution in [3.8, 4) is 0 Å². The van der Waals surface area contributed by atoms with Crippen molar-refractivity contribution in [2.24, 2.45) is 0 Å². The molecule has 0 fully saturated rings. The maximum Gasteiger partial charge on any atom is 0 e. The van der Waals surface area contributed by atoms with Crippen molar-refractivity contribution in [2.45, 2.75) is 12.8 Å².